The third kappa shape index (κ3) is 2.76. The first-order chi connectivity index (χ1) is 8.31. The van der Waals surface area contributed by atoms with Crippen molar-refractivity contribution in [2.75, 3.05) is 25.0 Å². The maximum atomic E-state index is 5.49. The molecule has 17 heavy (non-hydrogen) atoms. The molecule has 88 valence electrons. The number of hydrogen-bond donors (Lipinski definition) is 1. The van der Waals surface area contributed by atoms with Crippen LogP contribution < -0.4 is 10.6 Å². The lowest BCUT2D eigenvalue weighted by Crippen LogP contribution is -2.25. The normalized spacial score (nSPS) is 10.2. The highest BCUT2D eigenvalue weighted by Crippen LogP contribution is 2.14. The molecule has 2 N–H and O–H groups in total. The molecule has 5 heteroatoms. The molecule has 2 heterocycles. The van der Waals surface area contributed by atoms with Crippen molar-refractivity contribution in [3.05, 3.63) is 36.5 Å². The lowest BCUT2D eigenvalue weighted by atomic mass is 10.2. The second kappa shape index (κ2) is 5.36. The molecule has 0 saturated heterocycles. The summed E-state index contributed by atoms with van der Waals surface area (Å²) in [6, 6.07) is 9.55. The van der Waals surface area contributed by atoms with Gasteiger partial charge in [-0.1, -0.05) is 6.07 Å². The van der Waals surface area contributed by atoms with Crippen molar-refractivity contribution >= 4 is 5.82 Å². The van der Waals surface area contributed by atoms with E-state index in [0.717, 1.165) is 23.8 Å². The molecular weight excluding hydrogens is 214 g/mol. The highest BCUT2D eigenvalue weighted by molar-refractivity contribution is 5.54. The fourth-order valence-electron chi connectivity index (χ4n) is 1.49. The lowest BCUT2D eigenvalue weighted by molar-refractivity contribution is 0.848. The smallest absolute Gasteiger partial charge is 0.151 e. The Labute approximate surface area is 100 Å². The summed E-state index contributed by atoms with van der Waals surface area (Å²) in [5, 5.41) is 8.31. The number of aromatic nitrogens is 3. The van der Waals surface area contributed by atoms with E-state index < -0.39 is 0 Å². The summed E-state index contributed by atoms with van der Waals surface area (Å²) < 4.78 is 0. The number of likely N-dealkylation sites (N-methyl/N-ethyl adjacent to an activating group) is 1. The number of pyridine rings is 1. The Morgan fingerprint density at radius 3 is 2.59 bits per heavy atom. The maximum Gasteiger partial charge on any atom is 0.151 e. The van der Waals surface area contributed by atoms with E-state index >= 15 is 0 Å². The van der Waals surface area contributed by atoms with E-state index in [1.165, 1.54) is 0 Å². The van der Waals surface area contributed by atoms with E-state index in [1.54, 1.807) is 6.20 Å². The average Bonchev–Trinajstić information content (AvgIpc) is 2.40. The molecule has 0 aliphatic rings. The molecule has 5 nitrogen and oxygen atoms in total. The van der Waals surface area contributed by atoms with Gasteiger partial charge in [-0.2, -0.15) is 0 Å². The van der Waals surface area contributed by atoms with Crippen molar-refractivity contribution < 1.29 is 0 Å². The predicted octanol–water partition coefficient (Wildman–Crippen LogP) is 0.933. The molecule has 2 aromatic heterocycles. The molecule has 0 aliphatic heterocycles. The minimum atomic E-state index is 0.597. The van der Waals surface area contributed by atoms with Crippen molar-refractivity contribution in [2.45, 2.75) is 0 Å². The van der Waals surface area contributed by atoms with Gasteiger partial charge in [-0.15, -0.1) is 10.2 Å². The SMILES string of the molecule is CN(CCN)c1ccc(-c2ccccn2)nn1. The number of nitrogens with zero attached hydrogens (tertiary/aromatic N) is 4. The summed E-state index contributed by atoms with van der Waals surface area (Å²) >= 11 is 0. The molecule has 0 spiro atoms. The highest BCUT2D eigenvalue weighted by Gasteiger charge is 2.04. The van der Waals surface area contributed by atoms with Crippen molar-refractivity contribution in [1.29, 1.82) is 0 Å². The minimum absolute atomic E-state index is 0.597. The zero-order chi connectivity index (χ0) is 12.1. The van der Waals surface area contributed by atoms with Crippen LogP contribution in [0.1, 0.15) is 0 Å². The van der Waals surface area contributed by atoms with Gasteiger partial charge in [0, 0.05) is 26.3 Å². The zero-order valence-electron chi connectivity index (χ0n) is 9.74. The van der Waals surface area contributed by atoms with Gasteiger partial charge in [0.2, 0.25) is 0 Å². The van der Waals surface area contributed by atoms with Gasteiger partial charge in [-0.3, -0.25) is 4.98 Å². The van der Waals surface area contributed by atoms with Crippen LogP contribution in [-0.2, 0) is 0 Å². The van der Waals surface area contributed by atoms with Crippen LogP contribution in [0.4, 0.5) is 5.82 Å². The van der Waals surface area contributed by atoms with E-state index in [9.17, 15) is 0 Å². The summed E-state index contributed by atoms with van der Waals surface area (Å²) in [5.41, 5.74) is 7.09. The Kier molecular flexibility index (Phi) is 3.62. The van der Waals surface area contributed by atoms with Crippen molar-refractivity contribution in [2.24, 2.45) is 5.73 Å². The summed E-state index contributed by atoms with van der Waals surface area (Å²) in [6.45, 7) is 1.36. The second-order valence-corrected chi connectivity index (χ2v) is 3.70. The minimum Gasteiger partial charge on any atom is -0.357 e. The van der Waals surface area contributed by atoms with Gasteiger partial charge in [-0.05, 0) is 24.3 Å². The molecule has 0 aliphatic carbocycles. The maximum absolute atomic E-state index is 5.49. The van der Waals surface area contributed by atoms with Crippen LogP contribution in [0, 0.1) is 0 Å². The first-order valence-corrected chi connectivity index (χ1v) is 5.47. The molecule has 0 aromatic carbocycles. The Balaban J connectivity index is 2.19. The molecule has 0 fully saturated rings. The van der Waals surface area contributed by atoms with Gasteiger partial charge in [0.05, 0.1) is 5.69 Å². The fourth-order valence-corrected chi connectivity index (χ4v) is 1.49. The summed E-state index contributed by atoms with van der Waals surface area (Å²) in [4.78, 5) is 6.19. The van der Waals surface area contributed by atoms with Crippen LogP contribution in [0.3, 0.4) is 0 Å². The van der Waals surface area contributed by atoms with Crippen LogP contribution >= 0.6 is 0 Å². The lowest BCUT2D eigenvalue weighted by Gasteiger charge is -2.15. The molecule has 0 bridgehead atoms. The fraction of sp³-hybridized carbons (Fsp3) is 0.250. The van der Waals surface area contributed by atoms with Crippen molar-refractivity contribution in [3.63, 3.8) is 0 Å². The predicted molar refractivity (Wildman–Crippen MR) is 67.6 cm³/mol. The van der Waals surface area contributed by atoms with E-state index in [4.69, 9.17) is 5.73 Å². The Morgan fingerprint density at radius 1 is 1.12 bits per heavy atom. The summed E-state index contributed by atoms with van der Waals surface area (Å²) in [6.07, 6.45) is 1.74. The monoisotopic (exact) mass is 229 g/mol. The van der Waals surface area contributed by atoms with Gasteiger partial charge < -0.3 is 10.6 Å². The molecule has 0 radical (unpaired) electrons. The summed E-state index contributed by atoms with van der Waals surface area (Å²) in [7, 11) is 1.94. The first kappa shape index (κ1) is 11.5. The average molecular weight is 229 g/mol. The van der Waals surface area contributed by atoms with Gasteiger partial charge in [-0.25, -0.2) is 0 Å². The third-order valence-electron chi connectivity index (χ3n) is 2.43. The van der Waals surface area contributed by atoms with E-state index in [1.807, 2.05) is 42.3 Å². The molecular formula is C12H15N5. The van der Waals surface area contributed by atoms with Crippen molar-refractivity contribution in [3.8, 4) is 11.4 Å². The van der Waals surface area contributed by atoms with Crippen LogP contribution in [-0.4, -0.2) is 35.3 Å². The van der Waals surface area contributed by atoms with Gasteiger partial charge in [0.1, 0.15) is 5.69 Å². The van der Waals surface area contributed by atoms with Crippen molar-refractivity contribution in [1.82, 2.24) is 15.2 Å². The Morgan fingerprint density at radius 2 is 2.00 bits per heavy atom. The van der Waals surface area contributed by atoms with Gasteiger partial charge in [0.15, 0.2) is 5.82 Å². The Bertz CT molecular complexity index is 454. The highest BCUT2D eigenvalue weighted by atomic mass is 15.2. The van der Waals surface area contributed by atoms with Crippen LogP contribution in [0.2, 0.25) is 0 Å². The molecule has 0 atom stereocenters. The number of hydrogen-bond acceptors (Lipinski definition) is 5. The molecule has 2 rings (SSSR count). The van der Waals surface area contributed by atoms with E-state index in [-0.39, 0.29) is 0 Å². The zero-order valence-corrected chi connectivity index (χ0v) is 9.74. The third-order valence-corrected chi connectivity index (χ3v) is 2.43. The number of rotatable bonds is 4. The van der Waals surface area contributed by atoms with E-state index in [0.29, 0.717) is 6.54 Å². The van der Waals surface area contributed by atoms with E-state index in [2.05, 4.69) is 15.2 Å². The topological polar surface area (TPSA) is 67.9 Å². The quantitative estimate of drug-likeness (QED) is 0.844. The number of nitrogens with two attached hydrogens (primary N) is 1. The summed E-state index contributed by atoms with van der Waals surface area (Å²) in [5.74, 6) is 0.815. The van der Waals surface area contributed by atoms with Gasteiger partial charge in [0.25, 0.3) is 0 Å². The molecule has 0 amide bonds. The van der Waals surface area contributed by atoms with Crippen LogP contribution in [0.5, 0.6) is 0 Å². The molecule has 0 unspecified atom stereocenters. The van der Waals surface area contributed by atoms with Gasteiger partial charge >= 0.3 is 0 Å². The molecule has 0 saturated carbocycles. The van der Waals surface area contributed by atoms with Crippen LogP contribution in [0.15, 0.2) is 36.5 Å². The Hall–Kier alpha value is -2.01. The van der Waals surface area contributed by atoms with Crippen LogP contribution in [0.25, 0.3) is 11.4 Å². The number of anilines is 1. The first-order valence-electron chi connectivity index (χ1n) is 5.47. The molecule has 2 aromatic rings. The largest absolute Gasteiger partial charge is 0.357 e. The second-order valence-electron chi connectivity index (χ2n) is 3.70. The standard InChI is InChI=1S/C12H15N5/c1-17(9-7-13)12-6-5-11(15-16-12)10-4-2-3-8-14-10/h2-6,8H,7,9,13H2,1H3.